The van der Waals surface area contributed by atoms with Gasteiger partial charge in [0.05, 0.1) is 0 Å². The molecule has 0 aromatic rings. The van der Waals surface area contributed by atoms with Crippen molar-refractivity contribution in [3.05, 3.63) is 0 Å². The van der Waals surface area contributed by atoms with Crippen molar-refractivity contribution in [1.82, 2.24) is 0 Å². The molecule has 19 heavy (non-hydrogen) atoms. The van der Waals surface area contributed by atoms with E-state index in [1.165, 1.54) is 70.6 Å². The summed E-state index contributed by atoms with van der Waals surface area (Å²) in [5, 5.41) is 0. The van der Waals surface area contributed by atoms with Crippen LogP contribution >= 0.6 is 0 Å². The first kappa shape index (κ1) is 15.4. The van der Waals surface area contributed by atoms with Gasteiger partial charge in [0.1, 0.15) is 0 Å². The van der Waals surface area contributed by atoms with Crippen LogP contribution < -0.4 is 0 Å². The maximum Gasteiger partial charge on any atom is -0.0386 e. The lowest BCUT2D eigenvalue weighted by Gasteiger charge is -2.20. The lowest BCUT2D eigenvalue weighted by Crippen LogP contribution is -2.09. The van der Waals surface area contributed by atoms with Gasteiger partial charge in [0.15, 0.2) is 0 Å². The Morgan fingerprint density at radius 3 is 2.21 bits per heavy atom. The van der Waals surface area contributed by atoms with Crippen LogP contribution in [0.4, 0.5) is 0 Å². The van der Waals surface area contributed by atoms with Gasteiger partial charge in [-0.25, -0.2) is 0 Å². The van der Waals surface area contributed by atoms with E-state index in [9.17, 15) is 0 Å². The smallest absolute Gasteiger partial charge is 0.0386 e. The molecule has 0 heterocycles. The Balaban J connectivity index is 1.63. The molecular formula is C19H36. The van der Waals surface area contributed by atoms with Gasteiger partial charge in [0.2, 0.25) is 0 Å². The molecule has 0 amide bonds. The summed E-state index contributed by atoms with van der Waals surface area (Å²) in [4.78, 5) is 0. The molecule has 0 aromatic carbocycles. The molecule has 5 atom stereocenters. The molecule has 0 saturated heterocycles. The highest BCUT2D eigenvalue weighted by Gasteiger charge is 2.29. The van der Waals surface area contributed by atoms with Gasteiger partial charge in [-0.15, -0.1) is 0 Å². The zero-order valence-corrected chi connectivity index (χ0v) is 13.7. The maximum absolute atomic E-state index is 2.50. The zero-order valence-electron chi connectivity index (χ0n) is 13.7. The fourth-order valence-corrected chi connectivity index (χ4v) is 4.70. The molecule has 0 N–H and O–H groups in total. The molecule has 2 fully saturated rings. The van der Waals surface area contributed by atoms with Gasteiger partial charge < -0.3 is 0 Å². The van der Waals surface area contributed by atoms with Crippen LogP contribution in [0.2, 0.25) is 0 Å². The van der Waals surface area contributed by atoms with Crippen molar-refractivity contribution in [2.45, 2.75) is 91.4 Å². The molecule has 112 valence electrons. The lowest BCUT2D eigenvalue weighted by molar-refractivity contribution is 0.312. The standard InChI is InChI=1S/C19H36/c1-4-17-7-5-8-18(13-12-17)9-6-10-19-14-11-15(2)16(19)3/h15-19H,4-14H2,1-3H3. The Hall–Kier alpha value is 0. The third-order valence-electron chi connectivity index (χ3n) is 6.61. The van der Waals surface area contributed by atoms with Gasteiger partial charge in [-0.2, -0.15) is 0 Å². The van der Waals surface area contributed by atoms with E-state index in [-0.39, 0.29) is 0 Å². The minimum absolute atomic E-state index is 0.994. The molecule has 0 radical (unpaired) electrons. The zero-order chi connectivity index (χ0) is 13.7. The van der Waals surface area contributed by atoms with E-state index >= 15 is 0 Å². The van der Waals surface area contributed by atoms with Crippen LogP contribution in [0.5, 0.6) is 0 Å². The van der Waals surface area contributed by atoms with Crippen molar-refractivity contribution in [3.63, 3.8) is 0 Å². The van der Waals surface area contributed by atoms with Gasteiger partial charge in [-0.3, -0.25) is 0 Å². The first-order chi connectivity index (χ1) is 9.20. The van der Waals surface area contributed by atoms with Crippen molar-refractivity contribution < 1.29 is 0 Å². The van der Waals surface area contributed by atoms with Gasteiger partial charge in [0.25, 0.3) is 0 Å². The van der Waals surface area contributed by atoms with Crippen molar-refractivity contribution >= 4 is 0 Å². The molecule has 5 unspecified atom stereocenters. The van der Waals surface area contributed by atoms with Gasteiger partial charge in [-0.1, -0.05) is 85.0 Å². The third kappa shape index (κ3) is 4.50. The Kier molecular flexibility index (Phi) is 6.23. The fraction of sp³-hybridized carbons (Fsp3) is 1.00. The normalized spacial score (nSPS) is 40.3. The highest BCUT2D eigenvalue weighted by atomic mass is 14.3. The van der Waals surface area contributed by atoms with Crippen LogP contribution in [-0.4, -0.2) is 0 Å². The van der Waals surface area contributed by atoms with E-state index < -0.39 is 0 Å². The topological polar surface area (TPSA) is 0 Å². The molecule has 2 rings (SSSR count). The maximum atomic E-state index is 2.50. The largest absolute Gasteiger partial charge is 0.0651 e. The number of hydrogen-bond donors (Lipinski definition) is 0. The first-order valence-corrected chi connectivity index (χ1v) is 9.20. The second-order valence-corrected chi connectivity index (χ2v) is 7.75. The molecule has 0 nitrogen and oxygen atoms in total. The van der Waals surface area contributed by atoms with E-state index in [1.54, 1.807) is 0 Å². The van der Waals surface area contributed by atoms with Crippen LogP contribution in [0.1, 0.15) is 91.4 Å². The van der Waals surface area contributed by atoms with Crippen LogP contribution in [0.3, 0.4) is 0 Å². The van der Waals surface area contributed by atoms with Crippen LogP contribution in [-0.2, 0) is 0 Å². The van der Waals surface area contributed by atoms with E-state index in [0.29, 0.717) is 0 Å². The van der Waals surface area contributed by atoms with Crippen molar-refractivity contribution in [2.75, 3.05) is 0 Å². The van der Waals surface area contributed by atoms with Crippen molar-refractivity contribution in [2.24, 2.45) is 29.6 Å². The average molecular weight is 264 g/mol. The van der Waals surface area contributed by atoms with Gasteiger partial charge in [0, 0.05) is 0 Å². The quantitative estimate of drug-likeness (QED) is 0.501. The monoisotopic (exact) mass is 264 g/mol. The Morgan fingerprint density at radius 1 is 0.789 bits per heavy atom. The second-order valence-electron chi connectivity index (χ2n) is 7.75. The predicted octanol–water partition coefficient (Wildman–Crippen LogP) is 6.45. The first-order valence-electron chi connectivity index (χ1n) is 9.20. The summed E-state index contributed by atoms with van der Waals surface area (Å²) in [5.41, 5.74) is 0. The molecule has 2 aliphatic rings. The molecule has 0 aromatic heterocycles. The summed E-state index contributed by atoms with van der Waals surface area (Å²) >= 11 is 0. The highest BCUT2D eigenvalue weighted by molar-refractivity contribution is 4.80. The summed E-state index contributed by atoms with van der Waals surface area (Å²) in [7, 11) is 0. The second kappa shape index (κ2) is 7.70. The summed E-state index contributed by atoms with van der Waals surface area (Å²) in [6, 6.07) is 0. The highest BCUT2D eigenvalue weighted by Crippen LogP contribution is 2.40. The van der Waals surface area contributed by atoms with Crippen molar-refractivity contribution in [1.29, 1.82) is 0 Å². The van der Waals surface area contributed by atoms with Crippen LogP contribution in [0.25, 0.3) is 0 Å². The number of rotatable bonds is 5. The Morgan fingerprint density at radius 2 is 1.53 bits per heavy atom. The predicted molar refractivity (Wildman–Crippen MR) is 85.3 cm³/mol. The molecule has 0 spiro atoms. The third-order valence-corrected chi connectivity index (χ3v) is 6.61. The minimum Gasteiger partial charge on any atom is -0.0651 e. The van der Waals surface area contributed by atoms with Crippen LogP contribution in [0.15, 0.2) is 0 Å². The fourth-order valence-electron chi connectivity index (χ4n) is 4.70. The lowest BCUT2D eigenvalue weighted by atomic mass is 9.86. The minimum atomic E-state index is 0.994. The van der Waals surface area contributed by atoms with Crippen LogP contribution in [0, 0.1) is 29.6 Å². The molecular weight excluding hydrogens is 228 g/mol. The van der Waals surface area contributed by atoms with Crippen molar-refractivity contribution in [3.8, 4) is 0 Å². The molecule has 0 bridgehead atoms. The summed E-state index contributed by atoms with van der Waals surface area (Å²) in [6.07, 6.45) is 16.6. The number of hydrogen-bond acceptors (Lipinski definition) is 0. The van der Waals surface area contributed by atoms with Gasteiger partial charge in [-0.05, 0) is 36.0 Å². The summed E-state index contributed by atoms with van der Waals surface area (Å²) in [6.45, 7) is 7.34. The summed E-state index contributed by atoms with van der Waals surface area (Å²) < 4.78 is 0. The SMILES string of the molecule is CCC1CCCC(CCCC2CCC(C)C2C)CC1. The van der Waals surface area contributed by atoms with E-state index in [1.807, 2.05) is 0 Å². The molecule has 2 saturated carbocycles. The average Bonchev–Trinajstić information content (AvgIpc) is 2.64. The van der Waals surface area contributed by atoms with E-state index in [4.69, 9.17) is 0 Å². The molecule has 0 aliphatic heterocycles. The van der Waals surface area contributed by atoms with Gasteiger partial charge >= 0.3 is 0 Å². The molecule has 2 aliphatic carbocycles. The Bertz CT molecular complexity index is 244. The summed E-state index contributed by atoms with van der Waals surface area (Å²) in [5.74, 6) is 5.18. The van der Waals surface area contributed by atoms with E-state index in [2.05, 4.69) is 20.8 Å². The Labute approximate surface area is 121 Å². The van der Waals surface area contributed by atoms with E-state index in [0.717, 1.165) is 29.6 Å². The molecule has 0 heteroatoms.